The molecule has 0 saturated carbocycles. The van der Waals surface area contributed by atoms with E-state index in [1.54, 1.807) is 12.1 Å². The quantitative estimate of drug-likeness (QED) is 0.320. The highest BCUT2D eigenvalue weighted by atomic mass is 16.6. The Labute approximate surface area is 153 Å². The molecule has 0 aliphatic carbocycles. The Balaban J connectivity index is 2.04. The van der Waals surface area contributed by atoms with Gasteiger partial charge in [0.2, 0.25) is 0 Å². The zero-order valence-corrected chi connectivity index (χ0v) is 14.5. The van der Waals surface area contributed by atoms with Gasteiger partial charge in [-0.3, -0.25) is 10.1 Å². The van der Waals surface area contributed by atoms with E-state index in [0.717, 1.165) is 17.2 Å². The lowest BCUT2D eigenvalue weighted by Crippen LogP contribution is -2.20. The summed E-state index contributed by atoms with van der Waals surface area (Å²) in [6, 6.07) is 11.6. The second kappa shape index (κ2) is 5.91. The summed E-state index contributed by atoms with van der Waals surface area (Å²) in [6.45, 7) is 3.85. The summed E-state index contributed by atoms with van der Waals surface area (Å²) >= 11 is 0. The van der Waals surface area contributed by atoms with Crippen molar-refractivity contribution in [2.45, 2.75) is 13.8 Å². The van der Waals surface area contributed by atoms with E-state index in [4.69, 9.17) is 4.74 Å². The van der Waals surface area contributed by atoms with Crippen molar-refractivity contribution in [3.8, 4) is 0 Å². The van der Waals surface area contributed by atoms with E-state index in [1.165, 1.54) is 6.07 Å². The average molecular weight is 362 g/mol. The smallest absolute Gasteiger partial charge is 0.346 e. The normalized spacial score (nSPS) is 12.8. The van der Waals surface area contributed by atoms with Gasteiger partial charge in [0.1, 0.15) is 5.69 Å². The highest BCUT2D eigenvalue weighted by molar-refractivity contribution is 6.23. The third kappa shape index (κ3) is 2.60. The Morgan fingerprint density at radius 1 is 1.00 bits per heavy atom. The number of hydrogen-bond acceptors (Lipinski definition) is 6. The summed E-state index contributed by atoms with van der Waals surface area (Å²) in [4.78, 5) is 35.3. The molecule has 7 heteroatoms. The van der Waals surface area contributed by atoms with Gasteiger partial charge in [-0.05, 0) is 31.5 Å². The molecular weight excluding hydrogens is 348 g/mol. The summed E-state index contributed by atoms with van der Waals surface area (Å²) in [5.41, 5.74) is 2.88. The molecule has 0 spiro atoms. The van der Waals surface area contributed by atoms with Crippen LogP contribution < -0.4 is 5.32 Å². The van der Waals surface area contributed by atoms with Gasteiger partial charge in [-0.2, -0.15) is 0 Å². The largest absolute Gasteiger partial charge is 0.386 e. The van der Waals surface area contributed by atoms with Crippen molar-refractivity contribution in [1.82, 2.24) is 0 Å². The van der Waals surface area contributed by atoms with Gasteiger partial charge in [0.25, 0.3) is 5.69 Å². The van der Waals surface area contributed by atoms with E-state index in [9.17, 15) is 19.7 Å². The molecule has 3 aromatic rings. The first-order valence-corrected chi connectivity index (χ1v) is 8.21. The first kappa shape index (κ1) is 16.7. The molecular formula is C20H14N2O5. The fourth-order valence-electron chi connectivity index (χ4n) is 3.36. The van der Waals surface area contributed by atoms with Crippen LogP contribution >= 0.6 is 0 Å². The lowest BCUT2D eigenvalue weighted by molar-refractivity contribution is -0.383. The number of cyclic esters (lactones) is 2. The molecule has 0 fully saturated rings. The molecule has 1 aliphatic heterocycles. The fourth-order valence-corrected chi connectivity index (χ4v) is 3.36. The minimum absolute atomic E-state index is 0.0121. The van der Waals surface area contributed by atoms with Crippen LogP contribution in [0.25, 0.3) is 10.8 Å². The predicted octanol–water partition coefficient (Wildman–Crippen LogP) is 4.42. The number of nitro benzene ring substituents is 1. The van der Waals surface area contributed by atoms with E-state index < -0.39 is 16.9 Å². The van der Waals surface area contributed by atoms with Gasteiger partial charge < -0.3 is 10.1 Å². The maximum Gasteiger partial charge on any atom is 0.346 e. The highest BCUT2D eigenvalue weighted by Gasteiger charge is 2.32. The number of esters is 2. The van der Waals surface area contributed by atoms with Crippen LogP contribution in [-0.4, -0.2) is 16.9 Å². The molecule has 1 aliphatic rings. The Hall–Kier alpha value is -3.74. The summed E-state index contributed by atoms with van der Waals surface area (Å²) in [5.74, 6) is -1.64. The lowest BCUT2D eigenvalue weighted by atomic mass is 9.94. The Kier molecular flexibility index (Phi) is 3.66. The second-order valence-electron chi connectivity index (χ2n) is 6.42. The molecule has 0 bridgehead atoms. The summed E-state index contributed by atoms with van der Waals surface area (Å²) in [7, 11) is 0. The number of nitro groups is 1. The summed E-state index contributed by atoms with van der Waals surface area (Å²) in [6.07, 6.45) is 0. The van der Waals surface area contributed by atoms with Crippen molar-refractivity contribution < 1.29 is 19.2 Å². The van der Waals surface area contributed by atoms with Crippen LogP contribution in [0.2, 0.25) is 0 Å². The first-order chi connectivity index (χ1) is 12.9. The van der Waals surface area contributed by atoms with Crippen LogP contribution in [0.15, 0.2) is 42.5 Å². The second-order valence-corrected chi connectivity index (χ2v) is 6.42. The first-order valence-electron chi connectivity index (χ1n) is 8.21. The number of ether oxygens (including phenoxy) is 1. The number of nitrogens with one attached hydrogen (secondary N) is 1. The van der Waals surface area contributed by atoms with E-state index in [2.05, 4.69) is 5.32 Å². The molecule has 0 saturated heterocycles. The number of benzene rings is 3. The molecule has 7 nitrogen and oxygen atoms in total. The molecule has 0 amide bonds. The van der Waals surface area contributed by atoms with Crippen LogP contribution in [0.1, 0.15) is 31.8 Å². The summed E-state index contributed by atoms with van der Waals surface area (Å²) < 4.78 is 4.71. The van der Waals surface area contributed by atoms with E-state index in [-0.39, 0.29) is 22.5 Å². The number of nitrogens with zero attached hydrogens (tertiary/aromatic N) is 1. The molecule has 3 aromatic carbocycles. The van der Waals surface area contributed by atoms with Crippen LogP contribution in [0, 0.1) is 24.0 Å². The zero-order chi connectivity index (χ0) is 19.3. The average Bonchev–Trinajstić information content (AvgIpc) is 2.62. The number of hydrogen-bond donors (Lipinski definition) is 1. The van der Waals surface area contributed by atoms with E-state index in [1.807, 2.05) is 32.0 Å². The van der Waals surface area contributed by atoms with Crippen molar-refractivity contribution in [1.29, 1.82) is 0 Å². The maximum atomic E-state index is 12.1. The lowest BCUT2D eigenvalue weighted by Gasteiger charge is -2.19. The Morgan fingerprint density at radius 2 is 1.74 bits per heavy atom. The van der Waals surface area contributed by atoms with Gasteiger partial charge in [-0.1, -0.05) is 29.8 Å². The maximum absolute atomic E-state index is 12.1. The van der Waals surface area contributed by atoms with Crippen LogP contribution in [0.5, 0.6) is 0 Å². The minimum Gasteiger partial charge on any atom is -0.386 e. The molecule has 4 rings (SSSR count). The number of carbonyl (C=O) groups excluding carboxylic acids is 2. The van der Waals surface area contributed by atoms with Crippen molar-refractivity contribution in [3.05, 3.63) is 74.8 Å². The van der Waals surface area contributed by atoms with Gasteiger partial charge in [0.15, 0.2) is 0 Å². The number of anilines is 2. The standard InChI is InChI=1S/C20H14N2O5/c1-10-6-7-15(11(2)8-10)21-18-12-4-3-5-13-17(12)14(9-16(18)22(25)26)20(24)27-19(13)23/h3-9,21H,1-2H3. The Morgan fingerprint density at radius 3 is 2.44 bits per heavy atom. The van der Waals surface area contributed by atoms with E-state index in [0.29, 0.717) is 16.5 Å². The molecule has 0 atom stereocenters. The topological polar surface area (TPSA) is 98.5 Å². The molecule has 0 radical (unpaired) electrons. The van der Waals surface area contributed by atoms with Crippen molar-refractivity contribution >= 4 is 39.8 Å². The molecule has 1 N–H and O–H groups in total. The Bertz CT molecular complexity index is 1170. The predicted molar refractivity (Wildman–Crippen MR) is 99.5 cm³/mol. The van der Waals surface area contributed by atoms with Crippen LogP contribution in [-0.2, 0) is 4.74 Å². The summed E-state index contributed by atoms with van der Waals surface area (Å²) in [5, 5.41) is 15.6. The number of aryl methyl sites for hydroxylation is 2. The zero-order valence-electron chi connectivity index (χ0n) is 14.5. The van der Waals surface area contributed by atoms with Crippen LogP contribution in [0.4, 0.5) is 17.1 Å². The van der Waals surface area contributed by atoms with Crippen molar-refractivity contribution in [2.24, 2.45) is 0 Å². The SMILES string of the molecule is Cc1ccc(Nc2c([N+](=O)[O-])cc3c4c(cccc24)C(=O)OC3=O)c(C)c1. The van der Waals surface area contributed by atoms with Crippen LogP contribution in [0.3, 0.4) is 0 Å². The van der Waals surface area contributed by atoms with Crippen molar-refractivity contribution in [2.75, 3.05) is 5.32 Å². The monoisotopic (exact) mass is 362 g/mol. The van der Waals surface area contributed by atoms with Gasteiger partial charge in [-0.25, -0.2) is 9.59 Å². The van der Waals surface area contributed by atoms with Gasteiger partial charge >= 0.3 is 11.9 Å². The van der Waals surface area contributed by atoms with Crippen molar-refractivity contribution in [3.63, 3.8) is 0 Å². The molecule has 0 aromatic heterocycles. The van der Waals surface area contributed by atoms with Gasteiger partial charge in [0, 0.05) is 22.5 Å². The fraction of sp³-hybridized carbons (Fsp3) is 0.100. The third-order valence-electron chi connectivity index (χ3n) is 4.60. The molecule has 0 unspecified atom stereocenters. The minimum atomic E-state index is -0.884. The molecule has 134 valence electrons. The van der Waals surface area contributed by atoms with E-state index >= 15 is 0 Å². The highest BCUT2D eigenvalue weighted by Crippen LogP contribution is 2.41. The van der Waals surface area contributed by atoms with Gasteiger partial charge in [-0.15, -0.1) is 0 Å². The molecule has 27 heavy (non-hydrogen) atoms. The van der Waals surface area contributed by atoms with Gasteiger partial charge in [0.05, 0.1) is 16.1 Å². The molecule has 1 heterocycles. The third-order valence-corrected chi connectivity index (χ3v) is 4.60. The number of carbonyl (C=O) groups is 2. The number of rotatable bonds is 3.